The Hall–Kier alpha value is -2.26. The number of hydrogen-bond acceptors (Lipinski definition) is 3. The van der Waals surface area contributed by atoms with Crippen LogP contribution in [0.25, 0.3) is 10.9 Å². The Balaban J connectivity index is 1.63. The van der Waals surface area contributed by atoms with Gasteiger partial charge in [0.05, 0.1) is 27.1 Å². The van der Waals surface area contributed by atoms with Gasteiger partial charge in [0.25, 0.3) is 5.56 Å². The van der Waals surface area contributed by atoms with E-state index >= 15 is 0 Å². The summed E-state index contributed by atoms with van der Waals surface area (Å²) >= 11 is 11.8. The lowest BCUT2D eigenvalue weighted by Crippen LogP contribution is -2.15. The largest absolute Gasteiger partial charge is 0.479 e. The number of benzene rings is 2. The Kier molecular flexibility index (Phi) is 6.22. The van der Waals surface area contributed by atoms with Crippen molar-refractivity contribution >= 4 is 44.9 Å². The van der Waals surface area contributed by atoms with Gasteiger partial charge in [0.2, 0.25) is 0 Å². The van der Waals surface area contributed by atoms with E-state index in [9.17, 15) is 9.00 Å². The van der Waals surface area contributed by atoms with Crippen LogP contribution in [0.4, 0.5) is 0 Å². The number of aryl methyl sites for hydroxylation is 1. The molecule has 0 bridgehead atoms. The van der Waals surface area contributed by atoms with Gasteiger partial charge in [0, 0.05) is 23.0 Å². The molecular weight excluding hydrogens is 405 g/mol. The first kappa shape index (κ1) is 19.5. The minimum Gasteiger partial charge on any atom is -0.479 e. The lowest BCUT2D eigenvalue weighted by Gasteiger charge is -2.06. The molecule has 1 heterocycles. The minimum atomic E-state index is -1.27. The van der Waals surface area contributed by atoms with Gasteiger partial charge in [-0.15, -0.1) is 0 Å². The summed E-state index contributed by atoms with van der Waals surface area (Å²) in [5.74, 6) is 6.37. The average molecular weight is 420 g/mol. The molecule has 0 fully saturated rings. The van der Waals surface area contributed by atoms with Crippen LogP contribution in [-0.2, 0) is 17.8 Å². The minimum absolute atomic E-state index is 0.0805. The first-order chi connectivity index (χ1) is 13.0. The molecule has 1 atom stereocenters. The number of aromatic nitrogens is 1. The van der Waals surface area contributed by atoms with E-state index in [0.717, 1.165) is 10.9 Å². The molecule has 1 aromatic heterocycles. The summed E-state index contributed by atoms with van der Waals surface area (Å²) in [5, 5.41) is 1.80. The first-order valence-corrected chi connectivity index (χ1v) is 10.0. The maximum atomic E-state index is 12.4. The van der Waals surface area contributed by atoms with E-state index in [1.807, 2.05) is 6.07 Å². The maximum absolute atomic E-state index is 12.4. The van der Waals surface area contributed by atoms with Crippen LogP contribution in [0.15, 0.2) is 58.2 Å². The predicted molar refractivity (Wildman–Crippen MR) is 110 cm³/mol. The highest BCUT2D eigenvalue weighted by molar-refractivity contribution is 7.85. The fraction of sp³-hybridized carbons (Fsp3) is 0.150. The number of rotatable bonds is 4. The zero-order valence-corrected chi connectivity index (χ0v) is 16.7. The quantitative estimate of drug-likeness (QED) is 0.599. The van der Waals surface area contributed by atoms with Gasteiger partial charge in [-0.2, -0.15) is 0 Å². The number of ether oxygens (including phenoxy) is 1. The highest BCUT2D eigenvalue weighted by Crippen LogP contribution is 2.27. The van der Waals surface area contributed by atoms with Crippen LogP contribution in [-0.4, -0.2) is 21.1 Å². The lowest BCUT2D eigenvalue weighted by molar-refractivity contribution is 0.370. The first-order valence-electron chi connectivity index (χ1n) is 7.97. The Bertz CT molecular complexity index is 1150. The van der Waals surface area contributed by atoms with Gasteiger partial charge in [0.1, 0.15) is 12.4 Å². The standard InChI is InChI=1S/C20H15Cl2NO3S/c1-23-18-7-6-16(12-14(18)4-9-20(23)24)27(25)11-3-2-10-26-19-8-5-15(21)13-17(19)22/h4-9,12-13H,10-11H2,1H3. The van der Waals surface area contributed by atoms with Crippen molar-refractivity contribution in [1.82, 2.24) is 4.57 Å². The fourth-order valence-corrected chi connectivity index (χ4v) is 3.80. The zero-order valence-electron chi connectivity index (χ0n) is 14.4. The summed E-state index contributed by atoms with van der Waals surface area (Å²) in [6.45, 7) is 0.137. The average Bonchev–Trinajstić information content (AvgIpc) is 2.65. The third-order valence-electron chi connectivity index (χ3n) is 3.88. The number of halogens is 2. The van der Waals surface area contributed by atoms with Crippen molar-refractivity contribution in [3.63, 3.8) is 0 Å². The van der Waals surface area contributed by atoms with Crippen LogP contribution in [0, 0.1) is 11.8 Å². The second-order valence-corrected chi connectivity index (χ2v) is 7.95. The van der Waals surface area contributed by atoms with Crippen LogP contribution in [0.5, 0.6) is 5.75 Å². The molecule has 4 nitrogen and oxygen atoms in total. The molecule has 0 aliphatic carbocycles. The van der Waals surface area contributed by atoms with Gasteiger partial charge >= 0.3 is 0 Å². The number of nitrogens with zero attached hydrogens (tertiary/aromatic N) is 1. The van der Waals surface area contributed by atoms with Crippen molar-refractivity contribution in [3.8, 4) is 17.6 Å². The van der Waals surface area contributed by atoms with Crippen molar-refractivity contribution in [2.45, 2.75) is 4.90 Å². The third kappa shape index (κ3) is 4.72. The maximum Gasteiger partial charge on any atom is 0.250 e. The molecule has 3 rings (SSSR count). The lowest BCUT2D eigenvalue weighted by atomic mass is 10.2. The summed E-state index contributed by atoms with van der Waals surface area (Å²) in [5.41, 5.74) is 0.714. The number of hydrogen-bond donors (Lipinski definition) is 0. The zero-order chi connectivity index (χ0) is 19.4. The van der Waals surface area contributed by atoms with E-state index in [4.69, 9.17) is 27.9 Å². The van der Waals surface area contributed by atoms with Crippen LogP contribution in [0.3, 0.4) is 0 Å². The van der Waals surface area contributed by atoms with Gasteiger partial charge in [-0.3, -0.25) is 9.00 Å². The van der Waals surface area contributed by atoms with Crippen LogP contribution < -0.4 is 10.3 Å². The summed E-state index contributed by atoms with van der Waals surface area (Å²) in [6, 6.07) is 13.5. The SMILES string of the molecule is Cn1c(=O)ccc2cc(S(=O)CC#CCOc3ccc(Cl)cc3Cl)ccc21. The van der Waals surface area contributed by atoms with Gasteiger partial charge in [-0.1, -0.05) is 35.0 Å². The smallest absolute Gasteiger partial charge is 0.250 e. The third-order valence-corrected chi connectivity index (χ3v) is 5.60. The summed E-state index contributed by atoms with van der Waals surface area (Å²) < 4.78 is 19.5. The molecule has 0 amide bonds. The Morgan fingerprint density at radius 3 is 2.67 bits per heavy atom. The summed E-state index contributed by atoms with van der Waals surface area (Å²) in [7, 11) is 0.441. The van der Waals surface area contributed by atoms with E-state index in [0.29, 0.717) is 20.7 Å². The van der Waals surface area contributed by atoms with E-state index in [1.165, 1.54) is 6.07 Å². The molecular formula is C20H15Cl2NO3S. The van der Waals surface area contributed by atoms with Crippen molar-refractivity contribution < 1.29 is 8.95 Å². The van der Waals surface area contributed by atoms with Crippen molar-refractivity contribution in [2.75, 3.05) is 12.4 Å². The van der Waals surface area contributed by atoms with E-state index < -0.39 is 10.8 Å². The second-order valence-electron chi connectivity index (χ2n) is 5.66. The molecule has 0 saturated heterocycles. The normalized spacial score (nSPS) is 11.7. The molecule has 3 aromatic rings. The highest BCUT2D eigenvalue weighted by Gasteiger charge is 2.06. The molecule has 0 saturated carbocycles. The summed E-state index contributed by atoms with van der Waals surface area (Å²) in [6.07, 6.45) is 0. The van der Waals surface area contributed by atoms with Gasteiger partial charge < -0.3 is 9.30 Å². The highest BCUT2D eigenvalue weighted by atomic mass is 35.5. The molecule has 138 valence electrons. The van der Waals surface area contributed by atoms with E-state index in [1.54, 1.807) is 48.0 Å². The molecule has 0 aliphatic rings. The molecule has 0 N–H and O–H groups in total. The van der Waals surface area contributed by atoms with Crippen molar-refractivity contribution in [3.05, 3.63) is 68.9 Å². The Labute approximate surface area is 169 Å². The summed E-state index contributed by atoms with van der Waals surface area (Å²) in [4.78, 5) is 12.3. The molecule has 2 aromatic carbocycles. The fourth-order valence-electron chi connectivity index (χ4n) is 2.46. The van der Waals surface area contributed by atoms with Crippen LogP contribution in [0.1, 0.15) is 0 Å². The van der Waals surface area contributed by atoms with E-state index in [-0.39, 0.29) is 17.9 Å². The van der Waals surface area contributed by atoms with Crippen LogP contribution in [0.2, 0.25) is 10.0 Å². The Morgan fingerprint density at radius 2 is 1.89 bits per heavy atom. The molecule has 1 unspecified atom stereocenters. The number of pyridine rings is 1. The molecule has 27 heavy (non-hydrogen) atoms. The molecule has 0 radical (unpaired) electrons. The van der Waals surface area contributed by atoms with Crippen molar-refractivity contribution in [2.24, 2.45) is 7.05 Å². The predicted octanol–water partition coefficient (Wildman–Crippen LogP) is 4.04. The van der Waals surface area contributed by atoms with Gasteiger partial charge in [-0.25, -0.2) is 0 Å². The molecule has 0 spiro atoms. The topological polar surface area (TPSA) is 48.3 Å². The van der Waals surface area contributed by atoms with E-state index in [2.05, 4.69) is 11.8 Å². The molecule has 7 heteroatoms. The monoisotopic (exact) mass is 419 g/mol. The number of fused-ring (bicyclic) bond motifs is 1. The van der Waals surface area contributed by atoms with Gasteiger partial charge in [-0.05, 0) is 47.9 Å². The van der Waals surface area contributed by atoms with Crippen molar-refractivity contribution in [1.29, 1.82) is 0 Å². The Morgan fingerprint density at radius 1 is 1.07 bits per heavy atom. The molecule has 0 aliphatic heterocycles. The van der Waals surface area contributed by atoms with Gasteiger partial charge in [0.15, 0.2) is 0 Å². The second kappa shape index (κ2) is 8.62. The van der Waals surface area contributed by atoms with Crippen LogP contribution >= 0.6 is 23.2 Å².